The molecule has 0 aliphatic rings. The maximum atomic E-state index is 14.4. The zero-order chi connectivity index (χ0) is 20.6. The van der Waals surface area contributed by atoms with Crippen LogP contribution in [0.2, 0.25) is 0 Å². The minimum atomic E-state index is -0.553. The summed E-state index contributed by atoms with van der Waals surface area (Å²) in [5.41, 5.74) is 3.97. The van der Waals surface area contributed by atoms with E-state index < -0.39 is 5.97 Å². The van der Waals surface area contributed by atoms with E-state index >= 15 is 0 Å². The fourth-order valence-electron chi connectivity index (χ4n) is 2.53. The Labute approximate surface area is 169 Å². The molecule has 0 bridgehead atoms. The Morgan fingerprint density at radius 2 is 1.69 bits per heavy atom. The Hall–Kier alpha value is -3.84. The highest BCUT2D eigenvalue weighted by Gasteiger charge is 2.04. The lowest BCUT2D eigenvalue weighted by Crippen LogP contribution is -2.07. The Balaban J connectivity index is 1.67. The Morgan fingerprint density at radius 3 is 2.34 bits per heavy atom. The number of carbonyl (C=O) groups excluding carboxylic acids is 1. The number of halogens is 1. The smallest absolute Gasteiger partial charge is 0.333 e. The van der Waals surface area contributed by atoms with E-state index in [1.807, 2.05) is 37.3 Å². The number of aryl methyl sites for hydroxylation is 1. The number of benzene rings is 3. The normalized spacial score (nSPS) is 9.86. The number of esters is 1. The number of ether oxygens (including phenoxy) is 2. The molecule has 0 fully saturated rings. The molecule has 0 unspecified atom stereocenters. The largest absolute Gasteiger partial charge is 0.457 e. The third kappa shape index (κ3) is 5.57. The van der Waals surface area contributed by atoms with Gasteiger partial charge in [-0.1, -0.05) is 54.3 Å². The fraction of sp³-hybridized carbons (Fsp3) is 0.0800. The summed E-state index contributed by atoms with van der Waals surface area (Å²) in [6.07, 6.45) is 1.06. The molecule has 3 aromatic rings. The van der Waals surface area contributed by atoms with Gasteiger partial charge in [-0.2, -0.15) is 0 Å². The maximum Gasteiger partial charge on any atom is 0.333 e. The predicted octanol–water partition coefficient (Wildman–Crippen LogP) is 5.27. The molecule has 29 heavy (non-hydrogen) atoms. The highest BCUT2D eigenvalue weighted by molar-refractivity contribution is 5.81. The van der Waals surface area contributed by atoms with E-state index in [1.54, 1.807) is 30.3 Å². The van der Waals surface area contributed by atoms with Gasteiger partial charge in [0, 0.05) is 11.6 Å². The van der Waals surface area contributed by atoms with Crippen LogP contribution in [0, 0.1) is 24.6 Å². The van der Waals surface area contributed by atoms with E-state index in [0.29, 0.717) is 16.9 Å². The van der Waals surface area contributed by atoms with Gasteiger partial charge in [-0.3, -0.25) is 0 Å². The van der Waals surface area contributed by atoms with Crippen LogP contribution >= 0.6 is 0 Å². The summed E-state index contributed by atoms with van der Waals surface area (Å²) in [5, 5.41) is 0. The second kappa shape index (κ2) is 9.38. The van der Waals surface area contributed by atoms with Crippen LogP contribution in [0.25, 0.3) is 11.1 Å². The lowest BCUT2D eigenvalue weighted by molar-refractivity contribution is -0.144. The molecule has 0 atom stereocenters. The fourth-order valence-corrected chi connectivity index (χ4v) is 2.53. The first-order valence-corrected chi connectivity index (χ1v) is 8.96. The molecule has 0 aromatic heterocycles. The van der Waals surface area contributed by atoms with Crippen molar-refractivity contribution < 1.29 is 18.7 Å². The molecule has 0 amide bonds. The highest BCUT2D eigenvalue weighted by atomic mass is 19.1. The van der Waals surface area contributed by atoms with Crippen molar-refractivity contribution in [2.75, 3.05) is 6.79 Å². The molecule has 0 spiro atoms. The van der Waals surface area contributed by atoms with Crippen molar-refractivity contribution in [1.82, 2.24) is 0 Å². The first-order valence-electron chi connectivity index (χ1n) is 8.96. The standard InChI is InChI=1S/C25H19FO3/c1-3-25(27)29-17-28-23-14-7-19(8-15-23)6-11-21-12-13-22(16-24(21)26)20-9-4-18(2)5-10-20/h3-5,7-10,12-16H,1,17H2,2H3. The molecule has 3 rings (SSSR count). The molecule has 4 heteroatoms. The van der Waals surface area contributed by atoms with E-state index in [0.717, 1.165) is 22.8 Å². The summed E-state index contributed by atoms with van der Waals surface area (Å²) < 4.78 is 24.5. The number of hydrogen-bond acceptors (Lipinski definition) is 3. The van der Waals surface area contributed by atoms with E-state index in [1.165, 1.54) is 6.07 Å². The quantitative estimate of drug-likeness (QED) is 0.259. The number of rotatable bonds is 5. The van der Waals surface area contributed by atoms with Crippen molar-refractivity contribution in [3.8, 4) is 28.7 Å². The molecule has 144 valence electrons. The van der Waals surface area contributed by atoms with Crippen LogP contribution in [-0.4, -0.2) is 12.8 Å². The van der Waals surface area contributed by atoms with Crippen LogP contribution in [0.5, 0.6) is 5.75 Å². The molecule has 0 aliphatic heterocycles. The van der Waals surface area contributed by atoms with Gasteiger partial charge in [0.25, 0.3) is 0 Å². The minimum Gasteiger partial charge on any atom is -0.457 e. The average molecular weight is 386 g/mol. The summed E-state index contributed by atoms with van der Waals surface area (Å²) in [5.74, 6) is 5.41. The Bertz CT molecular complexity index is 1070. The molecular weight excluding hydrogens is 367 g/mol. The first-order chi connectivity index (χ1) is 14.0. The first kappa shape index (κ1) is 19.9. The van der Waals surface area contributed by atoms with E-state index in [2.05, 4.69) is 18.4 Å². The van der Waals surface area contributed by atoms with Gasteiger partial charge in [0.2, 0.25) is 6.79 Å². The third-order valence-corrected chi connectivity index (χ3v) is 4.14. The predicted molar refractivity (Wildman–Crippen MR) is 111 cm³/mol. The Kier molecular flexibility index (Phi) is 6.44. The molecule has 0 saturated carbocycles. The SMILES string of the molecule is C=CC(=O)OCOc1ccc(C#Cc2ccc(-c3ccc(C)cc3)cc2F)cc1. The summed E-state index contributed by atoms with van der Waals surface area (Å²) >= 11 is 0. The molecular formula is C25H19FO3. The van der Waals surface area contributed by atoms with Gasteiger partial charge in [0.1, 0.15) is 11.6 Å². The van der Waals surface area contributed by atoms with Gasteiger partial charge in [-0.15, -0.1) is 0 Å². The van der Waals surface area contributed by atoms with Crippen molar-refractivity contribution in [1.29, 1.82) is 0 Å². The summed E-state index contributed by atoms with van der Waals surface area (Å²) in [6, 6.07) is 19.9. The van der Waals surface area contributed by atoms with Crippen LogP contribution in [0.3, 0.4) is 0 Å². The molecule has 3 aromatic carbocycles. The van der Waals surface area contributed by atoms with Gasteiger partial charge in [0.15, 0.2) is 0 Å². The molecule has 0 saturated heterocycles. The highest BCUT2D eigenvalue weighted by Crippen LogP contribution is 2.22. The van der Waals surface area contributed by atoms with Crippen LogP contribution < -0.4 is 4.74 Å². The van der Waals surface area contributed by atoms with E-state index in [-0.39, 0.29) is 12.6 Å². The van der Waals surface area contributed by atoms with Gasteiger partial charge in [0.05, 0.1) is 5.56 Å². The van der Waals surface area contributed by atoms with Gasteiger partial charge < -0.3 is 9.47 Å². The Morgan fingerprint density at radius 1 is 1.00 bits per heavy atom. The topological polar surface area (TPSA) is 35.5 Å². The van der Waals surface area contributed by atoms with Crippen molar-refractivity contribution >= 4 is 5.97 Å². The van der Waals surface area contributed by atoms with Crippen molar-refractivity contribution in [2.24, 2.45) is 0 Å². The lowest BCUT2D eigenvalue weighted by atomic mass is 10.0. The minimum absolute atomic E-state index is 0.200. The van der Waals surface area contributed by atoms with E-state index in [4.69, 9.17) is 9.47 Å². The molecule has 3 nitrogen and oxygen atoms in total. The maximum absolute atomic E-state index is 14.4. The van der Waals surface area contributed by atoms with Crippen LogP contribution in [-0.2, 0) is 9.53 Å². The van der Waals surface area contributed by atoms with Gasteiger partial charge in [-0.05, 0) is 54.4 Å². The third-order valence-electron chi connectivity index (χ3n) is 4.14. The van der Waals surface area contributed by atoms with Crippen LogP contribution in [0.1, 0.15) is 16.7 Å². The summed E-state index contributed by atoms with van der Waals surface area (Å²) in [7, 11) is 0. The average Bonchev–Trinajstić information content (AvgIpc) is 2.74. The summed E-state index contributed by atoms with van der Waals surface area (Å²) in [4.78, 5) is 10.9. The zero-order valence-corrected chi connectivity index (χ0v) is 15.9. The number of carbonyl (C=O) groups is 1. The van der Waals surface area contributed by atoms with Crippen molar-refractivity contribution in [2.45, 2.75) is 6.92 Å². The monoisotopic (exact) mass is 386 g/mol. The molecule has 0 heterocycles. The van der Waals surface area contributed by atoms with Gasteiger partial charge in [-0.25, -0.2) is 9.18 Å². The molecule has 0 aliphatic carbocycles. The van der Waals surface area contributed by atoms with E-state index in [9.17, 15) is 9.18 Å². The lowest BCUT2D eigenvalue weighted by Gasteiger charge is -2.05. The molecule has 0 radical (unpaired) electrons. The summed E-state index contributed by atoms with van der Waals surface area (Å²) in [6.45, 7) is 5.11. The zero-order valence-electron chi connectivity index (χ0n) is 15.9. The number of hydrogen-bond donors (Lipinski definition) is 0. The van der Waals surface area contributed by atoms with Crippen LogP contribution in [0.4, 0.5) is 4.39 Å². The van der Waals surface area contributed by atoms with Crippen LogP contribution in [0.15, 0.2) is 79.4 Å². The van der Waals surface area contributed by atoms with Crippen molar-refractivity contribution in [3.63, 3.8) is 0 Å². The van der Waals surface area contributed by atoms with Gasteiger partial charge >= 0.3 is 5.97 Å². The molecule has 0 N–H and O–H groups in total. The second-order valence-corrected chi connectivity index (χ2v) is 6.26. The second-order valence-electron chi connectivity index (χ2n) is 6.26. The van der Waals surface area contributed by atoms with Crippen molar-refractivity contribution in [3.05, 3.63) is 102 Å².